The zero-order valence-corrected chi connectivity index (χ0v) is 17.1. The first-order valence-electron chi connectivity index (χ1n) is 9.71. The summed E-state index contributed by atoms with van der Waals surface area (Å²) in [6.45, 7) is 5.13. The molecule has 1 fully saturated rings. The van der Waals surface area contributed by atoms with Gasteiger partial charge in [-0.2, -0.15) is 0 Å². The summed E-state index contributed by atoms with van der Waals surface area (Å²) in [6.07, 6.45) is 7.04. The van der Waals surface area contributed by atoms with Gasteiger partial charge in [-0.25, -0.2) is 4.98 Å². The third-order valence-electron chi connectivity index (χ3n) is 5.44. The van der Waals surface area contributed by atoms with E-state index >= 15 is 0 Å². The molecule has 0 aromatic carbocycles. The number of likely N-dealkylation sites (tertiary alicyclic amines) is 1. The highest BCUT2D eigenvalue weighted by Crippen LogP contribution is 2.27. The van der Waals surface area contributed by atoms with E-state index in [9.17, 15) is 4.79 Å². The summed E-state index contributed by atoms with van der Waals surface area (Å²) in [5.41, 5.74) is 1.32. The molecule has 0 saturated carbocycles. The molecule has 0 spiro atoms. The fraction of sp³-hybridized carbons (Fsp3) is 0.737. The van der Waals surface area contributed by atoms with Crippen LogP contribution in [0.1, 0.15) is 48.2 Å². The van der Waals surface area contributed by atoms with E-state index in [1.807, 2.05) is 23.3 Å². The van der Waals surface area contributed by atoms with Crippen molar-refractivity contribution in [3.8, 4) is 0 Å². The van der Waals surface area contributed by atoms with Gasteiger partial charge in [0, 0.05) is 45.5 Å². The summed E-state index contributed by atoms with van der Waals surface area (Å²) in [7, 11) is 3.91. The van der Waals surface area contributed by atoms with Gasteiger partial charge in [0.25, 0.3) is 0 Å². The summed E-state index contributed by atoms with van der Waals surface area (Å²) in [5, 5.41) is 4.71. The van der Waals surface area contributed by atoms with Crippen molar-refractivity contribution in [3.63, 3.8) is 0 Å². The number of carbonyl (C=O) groups excluding carboxylic acids is 1. The van der Waals surface area contributed by atoms with Gasteiger partial charge in [-0.05, 0) is 44.4 Å². The molecule has 1 aliphatic carbocycles. The fourth-order valence-corrected chi connectivity index (χ4v) is 5.03. The Morgan fingerprint density at radius 3 is 2.73 bits per heavy atom. The van der Waals surface area contributed by atoms with Crippen molar-refractivity contribution in [3.05, 3.63) is 15.6 Å². The van der Waals surface area contributed by atoms with Crippen LogP contribution in [-0.2, 0) is 24.2 Å². The molecule has 1 aromatic heterocycles. The van der Waals surface area contributed by atoms with Crippen LogP contribution < -0.4 is 5.32 Å². The molecule has 7 heteroatoms. The number of aryl methyl sites for hydroxylation is 2. The smallest absolute Gasteiger partial charge is 0.219 e. The normalized spacial score (nSPS) is 18.6. The van der Waals surface area contributed by atoms with Crippen LogP contribution in [0.3, 0.4) is 0 Å². The minimum absolute atomic E-state index is 0.193. The maximum atomic E-state index is 11.4. The van der Waals surface area contributed by atoms with Gasteiger partial charge < -0.3 is 15.1 Å². The van der Waals surface area contributed by atoms with Gasteiger partial charge in [0.15, 0.2) is 5.96 Å². The van der Waals surface area contributed by atoms with Crippen LogP contribution in [0.4, 0.5) is 0 Å². The Bertz CT molecular complexity index is 625. The summed E-state index contributed by atoms with van der Waals surface area (Å²) in [5.74, 6) is 1.72. The highest BCUT2D eigenvalue weighted by Gasteiger charge is 2.21. The number of rotatable bonds is 4. The Kier molecular flexibility index (Phi) is 6.51. The van der Waals surface area contributed by atoms with Crippen molar-refractivity contribution in [2.45, 2.75) is 52.0 Å². The van der Waals surface area contributed by atoms with Crippen LogP contribution in [0.5, 0.6) is 0 Å². The zero-order valence-electron chi connectivity index (χ0n) is 16.3. The monoisotopic (exact) mass is 377 g/mol. The number of amides is 1. The second kappa shape index (κ2) is 8.84. The van der Waals surface area contributed by atoms with E-state index in [1.54, 1.807) is 6.92 Å². The minimum atomic E-state index is 0.193. The lowest BCUT2D eigenvalue weighted by Crippen LogP contribution is -2.44. The molecule has 2 heterocycles. The number of aliphatic imine (C=N–C) groups is 1. The Labute approximate surface area is 160 Å². The maximum absolute atomic E-state index is 11.4. The molecular weight excluding hydrogens is 346 g/mol. The highest BCUT2D eigenvalue weighted by molar-refractivity contribution is 7.11. The number of thiazole rings is 1. The molecule has 1 aliphatic heterocycles. The van der Waals surface area contributed by atoms with Crippen molar-refractivity contribution in [2.24, 2.45) is 10.9 Å². The molecule has 1 saturated heterocycles. The lowest BCUT2D eigenvalue weighted by atomic mass is 9.97. The number of hydrogen-bond acceptors (Lipinski definition) is 4. The van der Waals surface area contributed by atoms with Gasteiger partial charge in [0.1, 0.15) is 5.01 Å². The van der Waals surface area contributed by atoms with Gasteiger partial charge >= 0.3 is 0 Å². The topological polar surface area (TPSA) is 60.8 Å². The molecule has 2 aliphatic rings. The van der Waals surface area contributed by atoms with Gasteiger partial charge in [-0.3, -0.25) is 9.79 Å². The van der Waals surface area contributed by atoms with Crippen molar-refractivity contribution < 1.29 is 4.79 Å². The van der Waals surface area contributed by atoms with Gasteiger partial charge in [0.05, 0.1) is 12.2 Å². The summed E-state index contributed by atoms with van der Waals surface area (Å²) in [4.78, 5) is 26.3. The SMILES string of the molecule is CN=C(NCC1CCN(C(C)=O)CC1)N(C)Cc1nc2c(s1)CCCC2. The van der Waals surface area contributed by atoms with Crippen molar-refractivity contribution >= 4 is 23.2 Å². The molecule has 144 valence electrons. The second-order valence-electron chi connectivity index (χ2n) is 7.42. The Morgan fingerprint density at radius 2 is 2.08 bits per heavy atom. The number of piperidine rings is 1. The Balaban J connectivity index is 1.48. The average Bonchev–Trinajstić information content (AvgIpc) is 3.04. The van der Waals surface area contributed by atoms with E-state index in [0.29, 0.717) is 5.92 Å². The molecule has 6 nitrogen and oxygen atoms in total. The lowest BCUT2D eigenvalue weighted by molar-refractivity contribution is -0.130. The van der Waals surface area contributed by atoms with Crippen LogP contribution in [0.25, 0.3) is 0 Å². The van der Waals surface area contributed by atoms with Crippen molar-refractivity contribution in [1.29, 1.82) is 0 Å². The number of aromatic nitrogens is 1. The number of nitrogens with zero attached hydrogens (tertiary/aromatic N) is 4. The van der Waals surface area contributed by atoms with E-state index in [1.165, 1.54) is 34.8 Å². The minimum Gasteiger partial charge on any atom is -0.356 e. The van der Waals surface area contributed by atoms with Gasteiger partial charge in [-0.15, -0.1) is 11.3 Å². The van der Waals surface area contributed by atoms with Gasteiger partial charge in [-0.1, -0.05) is 0 Å². The molecule has 26 heavy (non-hydrogen) atoms. The molecule has 0 radical (unpaired) electrons. The van der Waals surface area contributed by atoms with Crippen LogP contribution in [0, 0.1) is 5.92 Å². The summed E-state index contributed by atoms with van der Waals surface area (Å²) in [6, 6.07) is 0. The molecule has 1 N–H and O–H groups in total. The quantitative estimate of drug-likeness (QED) is 0.646. The first-order valence-corrected chi connectivity index (χ1v) is 10.5. The third-order valence-corrected chi connectivity index (χ3v) is 6.59. The van der Waals surface area contributed by atoms with Crippen LogP contribution in [-0.4, -0.2) is 60.4 Å². The molecule has 3 rings (SSSR count). The number of fused-ring (bicyclic) bond motifs is 1. The molecular formula is C19H31N5OS. The molecule has 1 amide bonds. The van der Waals surface area contributed by atoms with E-state index in [-0.39, 0.29) is 5.91 Å². The number of guanidine groups is 1. The number of carbonyl (C=O) groups is 1. The predicted octanol–water partition coefficient (Wildman–Crippen LogP) is 2.29. The Morgan fingerprint density at radius 1 is 1.35 bits per heavy atom. The molecule has 0 atom stereocenters. The van der Waals surface area contributed by atoms with Crippen LogP contribution in [0.2, 0.25) is 0 Å². The van der Waals surface area contributed by atoms with E-state index in [0.717, 1.165) is 51.4 Å². The average molecular weight is 378 g/mol. The molecule has 0 bridgehead atoms. The van der Waals surface area contributed by atoms with E-state index in [4.69, 9.17) is 4.98 Å². The van der Waals surface area contributed by atoms with Crippen molar-refractivity contribution in [1.82, 2.24) is 20.1 Å². The third kappa shape index (κ3) is 4.75. The zero-order chi connectivity index (χ0) is 18.5. The van der Waals surface area contributed by atoms with Crippen molar-refractivity contribution in [2.75, 3.05) is 33.7 Å². The highest BCUT2D eigenvalue weighted by atomic mass is 32.1. The molecule has 1 aromatic rings. The standard InChI is InChI=1S/C19H31N5OS/c1-14(25)24-10-8-15(9-11-24)12-21-19(20-2)23(3)13-18-22-16-6-4-5-7-17(16)26-18/h15H,4-13H2,1-3H3,(H,20,21). The number of hydrogen-bond donors (Lipinski definition) is 1. The number of nitrogens with one attached hydrogen (secondary N) is 1. The fourth-order valence-electron chi connectivity index (χ4n) is 3.82. The molecule has 0 unspecified atom stereocenters. The van der Waals surface area contributed by atoms with Crippen LogP contribution >= 0.6 is 11.3 Å². The maximum Gasteiger partial charge on any atom is 0.219 e. The summed E-state index contributed by atoms with van der Waals surface area (Å²) >= 11 is 1.87. The predicted molar refractivity (Wildman–Crippen MR) is 107 cm³/mol. The largest absolute Gasteiger partial charge is 0.356 e. The van der Waals surface area contributed by atoms with E-state index in [2.05, 4.69) is 22.3 Å². The van der Waals surface area contributed by atoms with Gasteiger partial charge in [0.2, 0.25) is 5.91 Å². The second-order valence-corrected chi connectivity index (χ2v) is 8.59. The van der Waals surface area contributed by atoms with E-state index < -0.39 is 0 Å². The first kappa shape index (κ1) is 19.1. The lowest BCUT2D eigenvalue weighted by Gasteiger charge is -2.32. The first-order chi connectivity index (χ1) is 12.6. The summed E-state index contributed by atoms with van der Waals surface area (Å²) < 4.78 is 0. The Hall–Kier alpha value is -1.63. The van der Waals surface area contributed by atoms with Crippen LogP contribution in [0.15, 0.2) is 4.99 Å².